The van der Waals surface area contributed by atoms with Crippen molar-refractivity contribution in [2.75, 3.05) is 5.32 Å². The molecule has 0 radical (unpaired) electrons. The first-order valence-electron chi connectivity index (χ1n) is 5.47. The molecule has 0 fully saturated rings. The predicted molar refractivity (Wildman–Crippen MR) is 69.9 cm³/mol. The van der Waals surface area contributed by atoms with Crippen molar-refractivity contribution in [3.05, 3.63) is 33.5 Å². The average molecular weight is 280 g/mol. The summed E-state index contributed by atoms with van der Waals surface area (Å²) in [6, 6.07) is 0. The van der Waals surface area contributed by atoms with Gasteiger partial charge in [0.1, 0.15) is 16.3 Å². The maximum Gasteiger partial charge on any atom is 0.338 e. The van der Waals surface area contributed by atoms with Gasteiger partial charge in [-0.25, -0.2) is 4.79 Å². The molecule has 0 saturated carbocycles. The fourth-order valence-corrected chi connectivity index (χ4v) is 2.71. The molecule has 100 valence electrons. The lowest BCUT2D eigenvalue weighted by molar-refractivity contribution is 0.0697. The Hall–Kier alpha value is -2.15. The molecule has 6 nitrogen and oxygen atoms in total. The summed E-state index contributed by atoms with van der Waals surface area (Å²) in [5.74, 6) is -1.10. The number of nitrogens with one attached hydrogen (secondary N) is 1. The number of hydrogen-bond acceptors (Lipinski definition) is 5. The number of aromatic carboxylic acids is 1. The largest absolute Gasteiger partial charge is 0.478 e. The Morgan fingerprint density at radius 3 is 2.58 bits per heavy atom. The van der Waals surface area contributed by atoms with Crippen LogP contribution in [0.2, 0.25) is 0 Å². The minimum Gasteiger partial charge on any atom is -0.478 e. The van der Waals surface area contributed by atoms with Crippen LogP contribution in [0.5, 0.6) is 0 Å². The molecule has 0 aliphatic heterocycles. The maximum atomic E-state index is 12.0. The van der Waals surface area contributed by atoms with E-state index in [1.165, 1.54) is 17.5 Å². The van der Waals surface area contributed by atoms with Gasteiger partial charge in [0.05, 0.1) is 11.8 Å². The summed E-state index contributed by atoms with van der Waals surface area (Å²) < 4.78 is 4.81. The van der Waals surface area contributed by atoms with Crippen molar-refractivity contribution in [2.24, 2.45) is 0 Å². The van der Waals surface area contributed by atoms with Gasteiger partial charge in [-0.1, -0.05) is 5.16 Å². The van der Waals surface area contributed by atoms with E-state index >= 15 is 0 Å². The van der Waals surface area contributed by atoms with E-state index in [2.05, 4.69) is 10.5 Å². The minimum absolute atomic E-state index is 0.130. The Kier molecular flexibility index (Phi) is 3.39. The summed E-state index contributed by atoms with van der Waals surface area (Å²) >= 11 is 1.24. The fourth-order valence-electron chi connectivity index (χ4n) is 1.66. The molecule has 19 heavy (non-hydrogen) atoms. The Labute approximate surface area is 113 Å². The zero-order valence-corrected chi connectivity index (χ0v) is 11.4. The van der Waals surface area contributed by atoms with Crippen molar-refractivity contribution in [2.45, 2.75) is 20.8 Å². The standard InChI is InChI=1S/C12H12N2O4S/c1-5-7(3)19-11(9(5)12(16)17)14-10(15)8-4-13-18-6(8)2/h4H,1-3H3,(H,14,15)(H,16,17). The average Bonchev–Trinajstić information content (AvgIpc) is 2.84. The second-order valence-corrected chi connectivity index (χ2v) is 5.27. The molecule has 1 amide bonds. The number of carbonyl (C=O) groups excluding carboxylic acids is 1. The highest BCUT2D eigenvalue weighted by Gasteiger charge is 2.22. The number of carboxylic acid groups (broad SMARTS) is 1. The molecule has 2 heterocycles. The topological polar surface area (TPSA) is 92.4 Å². The van der Waals surface area contributed by atoms with Gasteiger partial charge in [0.2, 0.25) is 0 Å². The molecule has 0 spiro atoms. The molecule has 2 aromatic heterocycles. The van der Waals surface area contributed by atoms with Crippen LogP contribution >= 0.6 is 11.3 Å². The molecular weight excluding hydrogens is 268 g/mol. The number of rotatable bonds is 3. The first kappa shape index (κ1) is 13.3. The minimum atomic E-state index is -1.06. The van der Waals surface area contributed by atoms with Crippen LogP contribution in [0.25, 0.3) is 0 Å². The Morgan fingerprint density at radius 2 is 2.05 bits per heavy atom. The predicted octanol–water partition coefficient (Wildman–Crippen LogP) is 2.61. The highest BCUT2D eigenvalue weighted by atomic mass is 32.1. The number of carbonyl (C=O) groups is 2. The molecule has 2 N–H and O–H groups in total. The number of amides is 1. The van der Waals surface area contributed by atoms with E-state index in [0.717, 1.165) is 4.88 Å². The quantitative estimate of drug-likeness (QED) is 0.901. The van der Waals surface area contributed by atoms with Crippen LogP contribution in [0.1, 0.15) is 36.9 Å². The molecule has 0 atom stereocenters. The Morgan fingerprint density at radius 1 is 1.37 bits per heavy atom. The van der Waals surface area contributed by atoms with Gasteiger partial charge in [0.25, 0.3) is 5.91 Å². The number of aryl methyl sites for hydroxylation is 2. The first-order chi connectivity index (χ1) is 8.91. The van der Waals surface area contributed by atoms with Crippen LogP contribution in [0.4, 0.5) is 5.00 Å². The lowest BCUT2D eigenvalue weighted by atomic mass is 10.1. The molecule has 0 aliphatic carbocycles. The van der Waals surface area contributed by atoms with Gasteiger partial charge in [0, 0.05) is 4.88 Å². The normalized spacial score (nSPS) is 10.5. The smallest absolute Gasteiger partial charge is 0.338 e. The van der Waals surface area contributed by atoms with Gasteiger partial charge >= 0.3 is 5.97 Å². The Balaban J connectivity index is 2.35. The van der Waals surface area contributed by atoms with Crippen LogP contribution in [-0.4, -0.2) is 22.1 Å². The van der Waals surface area contributed by atoms with Gasteiger partial charge < -0.3 is 14.9 Å². The molecule has 0 saturated heterocycles. The lowest BCUT2D eigenvalue weighted by Crippen LogP contribution is -2.13. The second-order valence-electron chi connectivity index (χ2n) is 4.04. The molecule has 2 rings (SSSR count). The zero-order chi connectivity index (χ0) is 14.2. The van der Waals surface area contributed by atoms with E-state index < -0.39 is 11.9 Å². The van der Waals surface area contributed by atoms with Crippen LogP contribution in [0, 0.1) is 20.8 Å². The van der Waals surface area contributed by atoms with Crippen molar-refractivity contribution in [3.8, 4) is 0 Å². The summed E-state index contributed by atoms with van der Waals surface area (Å²) in [5, 5.41) is 15.6. The third-order valence-electron chi connectivity index (χ3n) is 2.82. The van der Waals surface area contributed by atoms with E-state index in [1.807, 2.05) is 6.92 Å². The Bertz CT molecular complexity index is 657. The summed E-state index contributed by atoms with van der Waals surface area (Å²) in [7, 11) is 0. The van der Waals surface area contributed by atoms with Gasteiger partial charge in [-0.3, -0.25) is 4.79 Å². The van der Waals surface area contributed by atoms with E-state index in [1.54, 1.807) is 13.8 Å². The van der Waals surface area contributed by atoms with Gasteiger partial charge in [-0.05, 0) is 26.3 Å². The number of nitrogens with zero attached hydrogens (tertiary/aromatic N) is 1. The molecule has 2 aromatic rings. The molecule has 7 heteroatoms. The SMILES string of the molecule is Cc1oncc1C(=O)Nc1sc(C)c(C)c1C(=O)O. The molecule has 0 aliphatic rings. The maximum absolute atomic E-state index is 12.0. The molecular formula is C12H12N2O4S. The highest BCUT2D eigenvalue weighted by Crippen LogP contribution is 2.32. The third-order valence-corrected chi connectivity index (χ3v) is 3.94. The highest BCUT2D eigenvalue weighted by molar-refractivity contribution is 7.16. The third kappa shape index (κ3) is 2.37. The summed E-state index contributed by atoms with van der Waals surface area (Å²) in [4.78, 5) is 24.1. The number of aromatic nitrogens is 1. The van der Waals surface area contributed by atoms with E-state index in [9.17, 15) is 14.7 Å². The van der Waals surface area contributed by atoms with Crippen molar-refractivity contribution in [3.63, 3.8) is 0 Å². The van der Waals surface area contributed by atoms with Crippen molar-refractivity contribution in [1.82, 2.24) is 5.16 Å². The van der Waals surface area contributed by atoms with E-state index in [0.29, 0.717) is 21.9 Å². The van der Waals surface area contributed by atoms with Crippen LogP contribution in [0.3, 0.4) is 0 Å². The fraction of sp³-hybridized carbons (Fsp3) is 0.250. The molecule has 0 unspecified atom stereocenters. The number of hydrogen-bond donors (Lipinski definition) is 2. The lowest BCUT2D eigenvalue weighted by Gasteiger charge is -2.03. The summed E-state index contributed by atoms with van der Waals surface area (Å²) in [5.41, 5.74) is 1.08. The molecule has 0 bridgehead atoms. The van der Waals surface area contributed by atoms with Crippen LogP contribution in [0.15, 0.2) is 10.7 Å². The van der Waals surface area contributed by atoms with E-state index in [4.69, 9.17) is 4.52 Å². The summed E-state index contributed by atoms with van der Waals surface area (Å²) in [6.45, 7) is 5.15. The van der Waals surface area contributed by atoms with Crippen molar-refractivity contribution >= 4 is 28.2 Å². The van der Waals surface area contributed by atoms with Gasteiger partial charge in [-0.2, -0.15) is 0 Å². The second kappa shape index (κ2) is 4.85. The zero-order valence-electron chi connectivity index (χ0n) is 10.6. The van der Waals surface area contributed by atoms with Gasteiger partial charge in [-0.15, -0.1) is 11.3 Å². The van der Waals surface area contributed by atoms with Gasteiger partial charge in [0.15, 0.2) is 0 Å². The van der Waals surface area contributed by atoms with E-state index in [-0.39, 0.29) is 5.56 Å². The summed E-state index contributed by atoms with van der Waals surface area (Å²) in [6.07, 6.45) is 1.30. The van der Waals surface area contributed by atoms with Crippen molar-refractivity contribution in [1.29, 1.82) is 0 Å². The number of carboxylic acids is 1. The monoisotopic (exact) mass is 280 g/mol. The van der Waals surface area contributed by atoms with Crippen molar-refractivity contribution < 1.29 is 19.2 Å². The van der Waals surface area contributed by atoms with Crippen LogP contribution < -0.4 is 5.32 Å². The number of anilines is 1. The molecule has 0 aromatic carbocycles. The first-order valence-corrected chi connectivity index (χ1v) is 6.29. The van der Waals surface area contributed by atoms with Crippen LogP contribution in [-0.2, 0) is 0 Å². The number of thiophene rings is 1.